The zero-order valence-corrected chi connectivity index (χ0v) is 13.6. The molecule has 0 aliphatic carbocycles. The minimum Gasteiger partial charge on any atom is -0.350 e. The Kier molecular flexibility index (Phi) is 5.01. The Balaban J connectivity index is 1.57. The SMILES string of the molecule is O=C(NCCn1cc(-c2cccnc2)cn1)c1cccc(C(F)(F)F)c1. The van der Waals surface area contributed by atoms with Crippen molar-refractivity contribution in [1.82, 2.24) is 20.1 Å². The average Bonchev–Trinajstić information content (AvgIpc) is 3.11. The fourth-order valence-electron chi connectivity index (χ4n) is 2.39. The molecule has 5 nitrogen and oxygen atoms in total. The molecule has 0 saturated heterocycles. The Morgan fingerprint density at radius 1 is 1.12 bits per heavy atom. The number of carbonyl (C=O) groups excluding carboxylic acids is 1. The largest absolute Gasteiger partial charge is 0.416 e. The van der Waals surface area contributed by atoms with Crippen LogP contribution in [0.15, 0.2) is 61.2 Å². The van der Waals surface area contributed by atoms with Crippen LogP contribution in [0.4, 0.5) is 13.2 Å². The second kappa shape index (κ2) is 7.38. The highest BCUT2D eigenvalue weighted by atomic mass is 19.4. The molecule has 8 heteroatoms. The molecule has 134 valence electrons. The van der Waals surface area contributed by atoms with Gasteiger partial charge in [0.15, 0.2) is 0 Å². The zero-order valence-electron chi connectivity index (χ0n) is 13.6. The van der Waals surface area contributed by atoms with E-state index in [1.54, 1.807) is 23.3 Å². The quantitative estimate of drug-likeness (QED) is 0.759. The summed E-state index contributed by atoms with van der Waals surface area (Å²) in [6.45, 7) is 0.633. The maximum atomic E-state index is 12.7. The van der Waals surface area contributed by atoms with Gasteiger partial charge in [-0.3, -0.25) is 14.5 Å². The third kappa shape index (κ3) is 4.27. The highest BCUT2D eigenvalue weighted by molar-refractivity contribution is 5.94. The third-order valence-corrected chi connectivity index (χ3v) is 3.71. The fraction of sp³-hybridized carbons (Fsp3) is 0.167. The van der Waals surface area contributed by atoms with E-state index in [1.165, 1.54) is 12.1 Å². The summed E-state index contributed by atoms with van der Waals surface area (Å²) in [5.74, 6) is -0.560. The fourth-order valence-corrected chi connectivity index (χ4v) is 2.39. The van der Waals surface area contributed by atoms with Crippen LogP contribution in [0.2, 0.25) is 0 Å². The number of alkyl halides is 3. The van der Waals surface area contributed by atoms with Gasteiger partial charge in [-0.15, -0.1) is 0 Å². The Morgan fingerprint density at radius 2 is 1.96 bits per heavy atom. The number of carbonyl (C=O) groups is 1. The van der Waals surface area contributed by atoms with Crippen molar-refractivity contribution in [3.8, 4) is 11.1 Å². The van der Waals surface area contributed by atoms with Crippen LogP contribution in [-0.2, 0) is 12.7 Å². The first kappa shape index (κ1) is 17.7. The molecule has 3 rings (SSSR count). The number of pyridine rings is 1. The number of aromatic nitrogens is 3. The molecule has 0 aliphatic heterocycles. The van der Waals surface area contributed by atoms with Crippen LogP contribution in [-0.4, -0.2) is 27.2 Å². The molecule has 0 unspecified atom stereocenters. The zero-order chi connectivity index (χ0) is 18.6. The molecule has 1 amide bonds. The predicted octanol–water partition coefficient (Wildman–Crippen LogP) is 3.39. The van der Waals surface area contributed by atoms with Crippen LogP contribution in [0.3, 0.4) is 0 Å². The topological polar surface area (TPSA) is 59.8 Å². The van der Waals surface area contributed by atoms with E-state index in [0.29, 0.717) is 6.54 Å². The van der Waals surface area contributed by atoms with Crippen LogP contribution < -0.4 is 5.32 Å². The monoisotopic (exact) mass is 360 g/mol. The maximum absolute atomic E-state index is 12.7. The first-order chi connectivity index (χ1) is 12.4. The van der Waals surface area contributed by atoms with Crippen LogP contribution in [0.25, 0.3) is 11.1 Å². The highest BCUT2D eigenvalue weighted by Crippen LogP contribution is 2.29. The molecule has 0 atom stereocenters. The summed E-state index contributed by atoms with van der Waals surface area (Å²) in [7, 11) is 0. The summed E-state index contributed by atoms with van der Waals surface area (Å²) in [5, 5.41) is 6.79. The number of hydrogen-bond donors (Lipinski definition) is 1. The molecule has 0 fully saturated rings. The lowest BCUT2D eigenvalue weighted by atomic mass is 10.1. The van der Waals surface area contributed by atoms with Gasteiger partial charge in [-0.2, -0.15) is 18.3 Å². The van der Waals surface area contributed by atoms with Crippen LogP contribution in [0, 0.1) is 0 Å². The number of rotatable bonds is 5. The Hall–Kier alpha value is -3.16. The van der Waals surface area contributed by atoms with Crippen molar-refractivity contribution >= 4 is 5.91 Å². The van der Waals surface area contributed by atoms with Gasteiger partial charge < -0.3 is 5.32 Å². The van der Waals surface area contributed by atoms with Gasteiger partial charge in [0.05, 0.1) is 18.3 Å². The first-order valence-electron chi connectivity index (χ1n) is 7.82. The molecule has 0 aliphatic rings. The van der Waals surface area contributed by atoms with Gasteiger partial charge in [-0.25, -0.2) is 0 Å². The van der Waals surface area contributed by atoms with E-state index in [1.807, 2.05) is 18.3 Å². The molecule has 0 saturated carbocycles. The normalized spacial score (nSPS) is 11.3. The lowest BCUT2D eigenvalue weighted by molar-refractivity contribution is -0.137. The standard InChI is InChI=1S/C18H15F3N4O/c19-18(20,21)16-5-1-3-13(9-16)17(26)23-7-8-25-12-15(11-24-25)14-4-2-6-22-10-14/h1-6,9-12H,7-8H2,(H,23,26). The molecular formula is C18H15F3N4O. The summed E-state index contributed by atoms with van der Waals surface area (Å²) >= 11 is 0. The van der Waals surface area contributed by atoms with Crippen LogP contribution >= 0.6 is 0 Å². The van der Waals surface area contributed by atoms with E-state index in [9.17, 15) is 18.0 Å². The van der Waals surface area contributed by atoms with Gasteiger partial charge in [-0.1, -0.05) is 12.1 Å². The van der Waals surface area contributed by atoms with Gasteiger partial charge in [0.25, 0.3) is 5.91 Å². The van der Waals surface area contributed by atoms with E-state index in [0.717, 1.165) is 23.3 Å². The lowest BCUT2D eigenvalue weighted by Crippen LogP contribution is -2.27. The van der Waals surface area contributed by atoms with Crippen molar-refractivity contribution in [3.63, 3.8) is 0 Å². The molecule has 1 aromatic carbocycles. The van der Waals surface area contributed by atoms with Crippen molar-refractivity contribution in [1.29, 1.82) is 0 Å². The molecule has 2 aromatic heterocycles. The van der Waals surface area contributed by atoms with Gasteiger partial charge in [0, 0.05) is 41.8 Å². The number of hydrogen-bond acceptors (Lipinski definition) is 3. The second-order valence-corrected chi connectivity index (χ2v) is 5.57. The van der Waals surface area contributed by atoms with Crippen molar-refractivity contribution in [3.05, 3.63) is 72.3 Å². The van der Waals surface area contributed by atoms with Crippen molar-refractivity contribution in [2.24, 2.45) is 0 Å². The number of halogens is 3. The molecule has 0 radical (unpaired) electrons. The smallest absolute Gasteiger partial charge is 0.350 e. The van der Waals surface area contributed by atoms with Gasteiger partial charge in [-0.05, 0) is 24.3 Å². The molecular weight excluding hydrogens is 345 g/mol. The molecule has 0 spiro atoms. The molecule has 26 heavy (non-hydrogen) atoms. The summed E-state index contributed by atoms with van der Waals surface area (Å²) in [6, 6.07) is 8.06. The average molecular weight is 360 g/mol. The third-order valence-electron chi connectivity index (χ3n) is 3.71. The number of nitrogens with zero attached hydrogens (tertiary/aromatic N) is 3. The summed E-state index contributed by atoms with van der Waals surface area (Å²) in [5.41, 5.74) is 0.934. The van der Waals surface area contributed by atoms with Crippen molar-refractivity contribution < 1.29 is 18.0 Å². The summed E-state index contributed by atoms with van der Waals surface area (Å²) < 4.78 is 39.7. The Labute approximate surface area is 147 Å². The van der Waals surface area contributed by atoms with Gasteiger partial charge in [0.1, 0.15) is 0 Å². The van der Waals surface area contributed by atoms with E-state index in [-0.39, 0.29) is 12.1 Å². The maximum Gasteiger partial charge on any atom is 0.416 e. The molecule has 3 aromatic rings. The van der Waals surface area contributed by atoms with Gasteiger partial charge in [0.2, 0.25) is 0 Å². The first-order valence-corrected chi connectivity index (χ1v) is 7.82. The minimum atomic E-state index is -4.48. The minimum absolute atomic E-state index is 0.0312. The Morgan fingerprint density at radius 3 is 2.69 bits per heavy atom. The van der Waals surface area contributed by atoms with E-state index >= 15 is 0 Å². The number of amides is 1. The van der Waals surface area contributed by atoms with Crippen LogP contribution in [0.5, 0.6) is 0 Å². The lowest BCUT2D eigenvalue weighted by Gasteiger charge is -2.09. The van der Waals surface area contributed by atoms with E-state index in [4.69, 9.17) is 0 Å². The highest BCUT2D eigenvalue weighted by Gasteiger charge is 2.30. The molecule has 2 heterocycles. The number of nitrogens with one attached hydrogen (secondary N) is 1. The number of benzene rings is 1. The molecule has 0 bridgehead atoms. The summed E-state index contributed by atoms with van der Waals surface area (Å²) in [6.07, 6.45) is 2.42. The van der Waals surface area contributed by atoms with E-state index < -0.39 is 17.6 Å². The molecule has 1 N–H and O–H groups in total. The van der Waals surface area contributed by atoms with Gasteiger partial charge >= 0.3 is 6.18 Å². The second-order valence-electron chi connectivity index (χ2n) is 5.57. The predicted molar refractivity (Wildman–Crippen MR) is 89.2 cm³/mol. The van der Waals surface area contributed by atoms with Crippen LogP contribution in [0.1, 0.15) is 15.9 Å². The van der Waals surface area contributed by atoms with Crippen molar-refractivity contribution in [2.45, 2.75) is 12.7 Å². The summed E-state index contributed by atoms with van der Waals surface area (Å²) in [4.78, 5) is 16.1. The van der Waals surface area contributed by atoms with E-state index in [2.05, 4.69) is 15.4 Å². The van der Waals surface area contributed by atoms with Crippen molar-refractivity contribution in [2.75, 3.05) is 6.54 Å². The Bertz CT molecular complexity index is 891.